The largest absolute Gasteiger partial charge is 0.493 e. The van der Waals surface area contributed by atoms with Gasteiger partial charge in [0.15, 0.2) is 17.3 Å². The number of thiophene rings is 1. The number of Topliss-reactive ketones (excluding diaryl/α,β-unsaturated/α-hetero) is 1. The molecular formula is C19H19F3N2O6S. The molecule has 3 rings (SSSR count). The number of hydrogen-bond acceptors (Lipinski definition) is 7. The van der Waals surface area contributed by atoms with Crippen LogP contribution < -0.4 is 24.8 Å². The van der Waals surface area contributed by atoms with Crippen LogP contribution in [0.2, 0.25) is 0 Å². The van der Waals surface area contributed by atoms with Crippen LogP contribution in [0.1, 0.15) is 21.3 Å². The zero-order valence-electron chi connectivity index (χ0n) is 16.6. The molecule has 0 spiro atoms. The summed E-state index contributed by atoms with van der Waals surface area (Å²) < 4.78 is 57.7. The van der Waals surface area contributed by atoms with Gasteiger partial charge in [0, 0.05) is 5.56 Å². The van der Waals surface area contributed by atoms with Crippen LogP contribution >= 0.6 is 11.3 Å². The molecule has 3 N–H and O–H groups in total. The van der Waals surface area contributed by atoms with Crippen molar-refractivity contribution in [1.82, 2.24) is 10.6 Å². The van der Waals surface area contributed by atoms with Gasteiger partial charge in [-0.05, 0) is 23.6 Å². The number of rotatable bonds is 6. The number of methoxy groups -OCH3 is 3. The lowest BCUT2D eigenvalue weighted by atomic mass is 9.78. The lowest BCUT2D eigenvalue weighted by molar-refractivity contribution is -0.287. The third-order valence-corrected chi connectivity index (χ3v) is 5.81. The Morgan fingerprint density at radius 3 is 2.32 bits per heavy atom. The first-order valence-electron chi connectivity index (χ1n) is 8.83. The number of carbonyl (C=O) groups is 2. The van der Waals surface area contributed by atoms with Crippen molar-refractivity contribution >= 4 is 23.2 Å². The molecule has 0 aliphatic carbocycles. The van der Waals surface area contributed by atoms with Gasteiger partial charge in [0.25, 0.3) is 0 Å². The number of nitrogens with one attached hydrogen (secondary N) is 2. The number of halogens is 3. The van der Waals surface area contributed by atoms with Gasteiger partial charge in [0.1, 0.15) is 5.92 Å². The van der Waals surface area contributed by atoms with Crippen molar-refractivity contribution in [3.63, 3.8) is 0 Å². The predicted octanol–water partition coefficient (Wildman–Crippen LogP) is 2.88. The molecule has 1 aromatic heterocycles. The van der Waals surface area contributed by atoms with E-state index in [2.05, 4.69) is 5.32 Å². The topological polar surface area (TPSA) is 106 Å². The van der Waals surface area contributed by atoms with E-state index < -0.39 is 35.7 Å². The molecular weight excluding hydrogens is 441 g/mol. The van der Waals surface area contributed by atoms with Crippen LogP contribution in [0.15, 0.2) is 29.6 Å². The van der Waals surface area contributed by atoms with Gasteiger partial charge in [-0.2, -0.15) is 13.2 Å². The fourth-order valence-corrected chi connectivity index (χ4v) is 4.24. The molecule has 168 valence electrons. The predicted molar refractivity (Wildman–Crippen MR) is 104 cm³/mol. The second kappa shape index (κ2) is 8.27. The zero-order chi connectivity index (χ0) is 23.0. The fourth-order valence-electron chi connectivity index (χ4n) is 3.54. The number of urea groups is 1. The highest BCUT2D eigenvalue weighted by atomic mass is 32.1. The summed E-state index contributed by atoms with van der Waals surface area (Å²) in [7, 11) is 3.90. The average molecular weight is 460 g/mol. The number of ketones is 1. The molecule has 12 heteroatoms. The van der Waals surface area contributed by atoms with E-state index in [-0.39, 0.29) is 27.7 Å². The minimum Gasteiger partial charge on any atom is -0.493 e. The van der Waals surface area contributed by atoms with E-state index in [9.17, 15) is 27.9 Å². The van der Waals surface area contributed by atoms with Crippen LogP contribution in [0.5, 0.6) is 17.2 Å². The maximum Gasteiger partial charge on any atom is 0.437 e. The maximum atomic E-state index is 14.0. The summed E-state index contributed by atoms with van der Waals surface area (Å²) >= 11 is 0.913. The number of hydrogen-bond donors (Lipinski definition) is 3. The maximum absolute atomic E-state index is 14.0. The van der Waals surface area contributed by atoms with Crippen molar-refractivity contribution < 1.29 is 42.1 Å². The minimum absolute atomic E-state index is 0.00687. The second-order valence-electron chi connectivity index (χ2n) is 6.58. The second-order valence-corrected chi connectivity index (χ2v) is 7.53. The zero-order valence-corrected chi connectivity index (χ0v) is 17.4. The summed E-state index contributed by atoms with van der Waals surface area (Å²) in [6.07, 6.45) is -5.36. The van der Waals surface area contributed by atoms with E-state index >= 15 is 0 Å². The summed E-state index contributed by atoms with van der Waals surface area (Å²) in [5.74, 6) is -2.97. The standard InChI is InChI=1S/C19H19F3N2O6S/c1-28-10-7-6-9(15(29-2)16(10)30-3)13-12(14(25)11-5-4-8-31-11)18(27,19(20,21)22)24-17(26)23-13/h4-8,12-13,27H,1-3H3,(H2,23,24,26). The monoisotopic (exact) mass is 460 g/mol. The van der Waals surface area contributed by atoms with E-state index in [1.54, 1.807) is 0 Å². The van der Waals surface area contributed by atoms with Crippen molar-refractivity contribution in [1.29, 1.82) is 0 Å². The molecule has 1 saturated heterocycles. The molecule has 2 amide bonds. The number of alkyl halides is 3. The van der Waals surface area contributed by atoms with Crippen molar-refractivity contribution in [3.05, 3.63) is 40.1 Å². The molecule has 8 nitrogen and oxygen atoms in total. The first kappa shape index (κ1) is 22.7. The molecule has 0 saturated carbocycles. The first-order valence-corrected chi connectivity index (χ1v) is 9.71. The van der Waals surface area contributed by atoms with Crippen LogP contribution in [-0.2, 0) is 0 Å². The van der Waals surface area contributed by atoms with E-state index in [1.807, 2.05) is 0 Å². The Bertz CT molecular complexity index is 982. The Morgan fingerprint density at radius 2 is 1.81 bits per heavy atom. The molecule has 0 radical (unpaired) electrons. The smallest absolute Gasteiger partial charge is 0.437 e. The van der Waals surface area contributed by atoms with Gasteiger partial charge in [0.05, 0.1) is 32.2 Å². The molecule has 0 bridgehead atoms. The number of benzene rings is 1. The van der Waals surface area contributed by atoms with Gasteiger partial charge in [-0.25, -0.2) is 4.79 Å². The minimum atomic E-state index is -5.36. The van der Waals surface area contributed by atoms with Gasteiger partial charge < -0.3 is 30.0 Å². The summed E-state index contributed by atoms with van der Waals surface area (Å²) in [6, 6.07) is 2.64. The highest BCUT2D eigenvalue weighted by molar-refractivity contribution is 7.12. The van der Waals surface area contributed by atoms with E-state index in [0.717, 1.165) is 11.3 Å². The van der Waals surface area contributed by atoms with Gasteiger partial charge in [-0.3, -0.25) is 4.79 Å². The molecule has 1 aliphatic heterocycles. The van der Waals surface area contributed by atoms with E-state index in [0.29, 0.717) is 0 Å². The van der Waals surface area contributed by atoms with E-state index in [4.69, 9.17) is 14.2 Å². The van der Waals surface area contributed by atoms with Crippen LogP contribution in [0.3, 0.4) is 0 Å². The Labute approximate surface area is 178 Å². The average Bonchev–Trinajstić information content (AvgIpc) is 3.25. The summed E-state index contributed by atoms with van der Waals surface area (Å²) in [5, 5.41) is 15.9. The Morgan fingerprint density at radius 1 is 1.13 bits per heavy atom. The fraction of sp³-hybridized carbons (Fsp3) is 0.368. The number of ether oxygens (including phenoxy) is 3. The molecule has 2 heterocycles. The van der Waals surface area contributed by atoms with E-state index in [1.165, 1.54) is 56.3 Å². The van der Waals surface area contributed by atoms with Crippen LogP contribution in [0.25, 0.3) is 0 Å². The summed E-state index contributed by atoms with van der Waals surface area (Å²) in [5.41, 5.74) is -3.84. The molecule has 1 aliphatic rings. The lowest BCUT2D eigenvalue weighted by Gasteiger charge is -2.45. The van der Waals surface area contributed by atoms with Crippen LogP contribution in [0.4, 0.5) is 18.0 Å². The number of carbonyl (C=O) groups excluding carboxylic acids is 2. The third-order valence-electron chi connectivity index (χ3n) is 4.92. The molecule has 1 fully saturated rings. The Kier molecular flexibility index (Phi) is 6.05. The van der Waals surface area contributed by atoms with Crippen molar-refractivity contribution in [3.8, 4) is 17.2 Å². The molecule has 31 heavy (non-hydrogen) atoms. The summed E-state index contributed by atoms with van der Waals surface area (Å²) in [4.78, 5) is 25.3. The van der Waals surface area contributed by atoms with Crippen LogP contribution in [0, 0.1) is 5.92 Å². The normalized spacial score (nSPS) is 23.5. The highest BCUT2D eigenvalue weighted by Crippen LogP contribution is 2.49. The first-order chi connectivity index (χ1) is 14.6. The highest BCUT2D eigenvalue weighted by Gasteiger charge is 2.66. The summed E-state index contributed by atoms with van der Waals surface area (Å²) in [6.45, 7) is 0. The quantitative estimate of drug-likeness (QED) is 0.573. The number of aliphatic hydroxyl groups is 1. The lowest BCUT2D eigenvalue weighted by Crippen LogP contribution is -2.72. The van der Waals surface area contributed by atoms with Gasteiger partial charge >= 0.3 is 12.2 Å². The SMILES string of the molecule is COc1ccc(C2NC(=O)NC(O)(C(F)(F)F)C2C(=O)c2cccs2)c(OC)c1OC. The van der Waals surface area contributed by atoms with Crippen molar-refractivity contribution in [2.45, 2.75) is 17.9 Å². The third kappa shape index (κ3) is 3.76. The van der Waals surface area contributed by atoms with Crippen molar-refractivity contribution in [2.75, 3.05) is 21.3 Å². The van der Waals surface area contributed by atoms with Gasteiger partial charge in [-0.15, -0.1) is 11.3 Å². The Hall–Kier alpha value is -2.99. The van der Waals surface area contributed by atoms with Crippen LogP contribution in [-0.4, -0.2) is 50.2 Å². The molecule has 3 atom stereocenters. The van der Waals surface area contributed by atoms with Gasteiger partial charge in [0.2, 0.25) is 11.5 Å². The molecule has 2 aromatic rings. The molecule has 3 unspecified atom stereocenters. The molecule has 1 aromatic carbocycles. The Balaban J connectivity index is 2.26. The van der Waals surface area contributed by atoms with Crippen molar-refractivity contribution in [2.24, 2.45) is 5.92 Å². The number of amides is 2. The van der Waals surface area contributed by atoms with Gasteiger partial charge in [-0.1, -0.05) is 6.07 Å².